The lowest BCUT2D eigenvalue weighted by molar-refractivity contribution is -0.274. The van der Waals surface area contributed by atoms with Gasteiger partial charge in [0.25, 0.3) is 0 Å². The zero-order chi connectivity index (χ0) is 14.9. The summed E-state index contributed by atoms with van der Waals surface area (Å²) >= 11 is 0. The van der Waals surface area contributed by atoms with Crippen molar-refractivity contribution in [2.24, 2.45) is 0 Å². The van der Waals surface area contributed by atoms with Gasteiger partial charge in [0.15, 0.2) is 0 Å². The van der Waals surface area contributed by atoms with Crippen LogP contribution < -0.4 is 10.4 Å². The minimum atomic E-state index is -4.89. The van der Waals surface area contributed by atoms with Gasteiger partial charge in [-0.15, -0.1) is 13.2 Å². The molecule has 0 bridgehead atoms. The number of ether oxygens (including phenoxy) is 1. The minimum absolute atomic E-state index is 0.0390. The van der Waals surface area contributed by atoms with E-state index < -0.39 is 23.9 Å². The number of hydrogen-bond acceptors (Lipinski definition) is 5. The third kappa shape index (κ3) is 2.76. The maximum Gasteiger partial charge on any atom is 0.573 e. The van der Waals surface area contributed by atoms with E-state index in [0.29, 0.717) is 4.68 Å². The molecule has 0 unspecified atom stereocenters. The van der Waals surface area contributed by atoms with Crippen LogP contribution in [0.2, 0.25) is 0 Å². The van der Waals surface area contributed by atoms with Gasteiger partial charge in [0.1, 0.15) is 5.75 Å². The summed E-state index contributed by atoms with van der Waals surface area (Å²) in [6, 6.07) is 4.31. The fourth-order valence-corrected chi connectivity index (χ4v) is 1.34. The standard InChI is InChI=1S/C9H5F3N4O4/c10-9(11,12)20-6-3-1-2-5(4-6)15-7(17)16(8(18)19)14-13-15/h1-4H,(H,18,19). The topological polar surface area (TPSA) is 99.2 Å². The van der Waals surface area contributed by atoms with Crippen LogP contribution in [0, 0.1) is 0 Å². The zero-order valence-corrected chi connectivity index (χ0v) is 9.40. The first kappa shape index (κ1) is 13.6. The summed E-state index contributed by atoms with van der Waals surface area (Å²) in [6.45, 7) is 0. The lowest BCUT2D eigenvalue weighted by Crippen LogP contribution is -2.28. The summed E-state index contributed by atoms with van der Waals surface area (Å²) in [6.07, 6.45) is -6.55. The van der Waals surface area contributed by atoms with E-state index in [4.69, 9.17) is 5.11 Å². The molecule has 11 heteroatoms. The molecule has 1 heterocycles. The van der Waals surface area contributed by atoms with Gasteiger partial charge in [-0.3, -0.25) is 0 Å². The zero-order valence-electron chi connectivity index (χ0n) is 9.40. The maximum atomic E-state index is 12.1. The second-order valence-corrected chi connectivity index (χ2v) is 3.41. The molecule has 20 heavy (non-hydrogen) atoms. The summed E-state index contributed by atoms with van der Waals surface area (Å²) in [5.41, 5.74) is -1.26. The molecule has 0 radical (unpaired) electrons. The molecule has 1 aromatic carbocycles. The van der Waals surface area contributed by atoms with Gasteiger partial charge in [-0.1, -0.05) is 10.7 Å². The smallest absolute Gasteiger partial charge is 0.463 e. The molecule has 1 N–H and O–H groups in total. The lowest BCUT2D eigenvalue weighted by Gasteiger charge is -2.09. The first-order valence-corrected chi connectivity index (χ1v) is 4.92. The third-order valence-electron chi connectivity index (χ3n) is 2.06. The Hall–Kier alpha value is -2.85. The first-order chi connectivity index (χ1) is 9.28. The molecule has 106 valence electrons. The molecule has 0 aliphatic carbocycles. The number of nitrogens with zero attached hydrogens (tertiary/aromatic N) is 4. The largest absolute Gasteiger partial charge is 0.573 e. The van der Waals surface area contributed by atoms with Crippen LogP contribution in [0.1, 0.15) is 0 Å². The Morgan fingerprint density at radius 3 is 2.55 bits per heavy atom. The fourth-order valence-electron chi connectivity index (χ4n) is 1.34. The highest BCUT2D eigenvalue weighted by atomic mass is 19.4. The monoisotopic (exact) mass is 290 g/mol. The Balaban J connectivity index is 2.42. The van der Waals surface area contributed by atoms with Crippen LogP contribution in [0.25, 0.3) is 5.69 Å². The number of benzene rings is 1. The van der Waals surface area contributed by atoms with Crippen molar-refractivity contribution in [2.75, 3.05) is 0 Å². The molecule has 0 atom stereocenters. The normalized spacial score (nSPS) is 11.3. The van der Waals surface area contributed by atoms with Gasteiger partial charge in [0.2, 0.25) is 0 Å². The maximum absolute atomic E-state index is 12.1. The molecule has 0 saturated carbocycles. The van der Waals surface area contributed by atoms with Crippen LogP contribution in [-0.4, -0.2) is 37.4 Å². The average molecular weight is 290 g/mol. The summed E-state index contributed by atoms with van der Waals surface area (Å²) in [5, 5.41) is 14.9. The fraction of sp³-hybridized carbons (Fsp3) is 0.111. The Morgan fingerprint density at radius 1 is 1.30 bits per heavy atom. The predicted molar refractivity (Wildman–Crippen MR) is 55.7 cm³/mol. The van der Waals surface area contributed by atoms with Crippen molar-refractivity contribution in [3.8, 4) is 11.4 Å². The van der Waals surface area contributed by atoms with Crippen LogP contribution in [0.4, 0.5) is 18.0 Å². The molecular weight excluding hydrogens is 285 g/mol. The number of alkyl halides is 3. The van der Waals surface area contributed by atoms with E-state index in [9.17, 15) is 22.8 Å². The summed E-state index contributed by atoms with van der Waals surface area (Å²) in [5.74, 6) is -0.577. The highest BCUT2D eigenvalue weighted by Gasteiger charge is 2.31. The van der Waals surface area contributed by atoms with Crippen LogP contribution in [0.3, 0.4) is 0 Å². The number of tetrazole rings is 1. The Morgan fingerprint density at radius 2 is 2.00 bits per heavy atom. The number of halogens is 3. The summed E-state index contributed by atoms with van der Waals surface area (Å²) in [4.78, 5) is 22.2. The van der Waals surface area contributed by atoms with Gasteiger partial charge < -0.3 is 9.84 Å². The number of rotatable bonds is 2. The summed E-state index contributed by atoms with van der Waals surface area (Å²) < 4.78 is 40.4. The third-order valence-corrected chi connectivity index (χ3v) is 2.06. The molecule has 0 aliphatic heterocycles. The van der Waals surface area contributed by atoms with Gasteiger partial charge in [-0.2, -0.15) is 4.68 Å². The molecule has 0 aliphatic rings. The average Bonchev–Trinajstić information content (AvgIpc) is 2.69. The lowest BCUT2D eigenvalue weighted by atomic mass is 10.3. The van der Waals surface area contributed by atoms with E-state index in [1.165, 1.54) is 12.1 Å². The van der Waals surface area contributed by atoms with E-state index in [-0.39, 0.29) is 10.4 Å². The van der Waals surface area contributed by atoms with Crippen molar-refractivity contribution >= 4 is 6.09 Å². The van der Waals surface area contributed by atoms with Crippen molar-refractivity contribution in [3.63, 3.8) is 0 Å². The molecule has 0 fully saturated rings. The van der Waals surface area contributed by atoms with Gasteiger partial charge in [0, 0.05) is 6.07 Å². The Labute approximate surface area is 107 Å². The van der Waals surface area contributed by atoms with Crippen LogP contribution in [0.5, 0.6) is 5.75 Å². The molecule has 0 spiro atoms. The molecule has 0 amide bonds. The van der Waals surface area contributed by atoms with E-state index in [1.807, 2.05) is 0 Å². The number of carbonyl (C=O) groups is 1. The van der Waals surface area contributed by atoms with Crippen molar-refractivity contribution < 1.29 is 27.8 Å². The number of aromatic nitrogens is 4. The number of hydrogen-bond donors (Lipinski definition) is 1. The van der Waals surface area contributed by atoms with E-state index in [1.54, 1.807) is 0 Å². The quantitative estimate of drug-likeness (QED) is 0.823. The molecule has 8 nitrogen and oxygen atoms in total. The first-order valence-electron chi connectivity index (χ1n) is 4.92. The van der Waals surface area contributed by atoms with E-state index >= 15 is 0 Å². The predicted octanol–water partition coefficient (Wildman–Crippen LogP) is 0.854. The van der Waals surface area contributed by atoms with Crippen molar-refractivity contribution in [2.45, 2.75) is 6.36 Å². The van der Waals surface area contributed by atoms with Crippen LogP contribution in [0.15, 0.2) is 29.1 Å². The van der Waals surface area contributed by atoms with Crippen molar-refractivity contribution in [3.05, 3.63) is 34.7 Å². The van der Waals surface area contributed by atoms with Gasteiger partial charge in [-0.05, 0) is 22.6 Å². The minimum Gasteiger partial charge on any atom is -0.463 e. The van der Waals surface area contributed by atoms with Crippen molar-refractivity contribution in [1.29, 1.82) is 0 Å². The SMILES string of the molecule is O=C(O)n1nnn(-c2cccc(OC(F)(F)F)c2)c1=O. The molecular formula is C9H5F3N4O4. The van der Waals surface area contributed by atoms with Crippen LogP contribution >= 0.6 is 0 Å². The van der Waals surface area contributed by atoms with E-state index in [0.717, 1.165) is 12.1 Å². The highest BCUT2D eigenvalue weighted by Crippen LogP contribution is 2.23. The Bertz CT molecular complexity index is 706. The van der Waals surface area contributed by atoms with Gasteiger partial charge >= 0.3 is 18.1 Å². The highest BCUT2D eigenvalue weighted by molar-refractivity contribution is 5.66. The second-order valence-electron chi connectivity index (χ2n) is 3.41. The molecule has 2 rings (SSSR count). The van der Waals surface area contributed by atoms with Crippen LogP contribution in [-0.2, 0) is 0 Å². The van der Waals surface area contributed by atoms with E-state index in [2.05, 4.69) is 15.2 Å². The molecule has 2 aromatic rings. The van der Waals surface area contributed by atoms with Gasteiger partial charge in [0.05, 0.1) is 5.69 Å². The summed E-state index contributed by atoms with van der Waals surface area (Å²) in [7, 11) is 0. The van der Waals surface area contributed by atoms with Gasteiger partial charge in [-0.25, -0.2) is 9.59 Å². The molecule has 0 saturated heterocycles. The Kier molecular flexibility index (Phi) is 3.18. The number of carboxylic acid groups (broad SMARTS) is 1. The van der Waals surface area contributed by atoms with Crippen molar-refractivity contribution in [1.82, 2.24) is 19.8 Å². The second kappa shape index (κ2) is 4.68. The molecule has 1 aromatic heterocycles.